The van der Waals surface area contributed by atoms with Gasteiger partial charge in [-0.25, -0.2) is 9.59 Å². The van der Waals surface area contributed by atoms with E-state index in [1.54, 1.807) is 6.08 Å². The molecule has 0 radical (unpaired) electrons. The number of carbonyl (C=O) groups is 2. The van der Waals surface area contributed by atoms with E-state index in [9.17, 15) is 19.8 Å². The Morgan fingerprint density at radius 1 is 0.514 bits per heavy atom. The molecule has 70 heavy (non-hydrogen) atoms. The molecular formula is C56H72O14. The lowest BCUT2D eigenvalue weighted by molar-refractivity contribution is -0.370. The summed E-state index contributed by atoms with van der Waals surface area (Å²) in [6, 6.07) is 37.3. The van der Waals surface area contributed by atoms with Crippen molar-refractivity contribution >= 4 is 11.9 Å². The average Bonchev–Trinajstić information content (AvgIpc) is 3.39. The summed E-state index contributed by atoms with van der Waals surface area (Å²) in [4.78, 5) is 26.9. The van der Waals surface area contributed by atoms with Crippen LogP contribution in [0, 0.1) is 0 Å². The highest BCUT2D eigenvalue weighted by atomic mass is 16.8. The van der Waals surface area contributed by atoms with Crippen molar-refractivity contribution in [3.63, 3.8) is 0 Å². The minimum Gasteiger partial charge on any atom is -0.479 e. The van der Waals surface area contributed by atoms with Crippen molar-refractivity contribution in [3.8, 4) is 0 Å². The van der Waals surface area contributed by atoms with Crippen LogP contribution in [0.3, 0.4) is 0 Å². The largest absolute Gasteiger partial charge is 0.479 e. The molecule has 0 aromatic heterocycles. The van der Waals surface area contributed by atoms with Crippen LogP contribution in [0.15, 0.2) is 133 Å². The average molecular weight is 969 g/mol. The number of benzene rings is 4. The van der Waals surface area contributed by atoms with Crippen molar-refractivity contribution < 1.29 is 67.2 Å². The molecule has 2 fully saturated rings. The summed E-state index contributed by atoms with van der Waals surface area (Å²) in [6.45, 7) is 3.34. The predicted octanol–water partition coefficient (Wildman–Crippen LogP) is 8.90. The molecule has 2 saturated heterocycles. The molecule has 0 unspecified atom stereocenters. The fourth-order valence-electron chi connectivity index (χ4n) is 8.45. The van der Waals surface area contributed by atoms with Crippen molar-refractivity contribution in [1.82, 2.24) is 0 Å². The van der Waals surface area contributed by atoms with Crippen LogP contribution in [0.4, 0.5) is 0 Å². The summed E-state index contributed by atoms with van der Waals surface area (Å²) in [7, 11) is 1.25. The van der Waals surface area contributed by atoms with Gasteiger partial charge in [0.1, 0.15) is 36.6 Å². The molecule has 2 aliphatic heterocycles. The first-order chi connectivity index (χ1) is 34.4. The van der Waals surface area contributed by atoms with Gasteiger partial charge in [-0.1, -0.05) is 192 Å². The summed E-state index contributed by atoms with van der Waals surface area (Å²) >= 11 is 0. The Kier molecular flexibility index (Phi) is 24.0. The first kappa shape index (κ1) is 54.5. The minimum atomic E-state index is -1.67. The van der Waals surface area contributed by atoms with E-state index in [4.69, 9.17) is 47.4 Å². The number of esters is 1. The van der Waals surface area contributed by atoms with Crippen LogP contribution in [0.5, 0.6) is 0 Å². The van der Waals surface area contributed by atoms with Crippen LogP contribution >= 0.6 is 0 Å². The highest BCUT2D eigenvalue weighted by Gasteiger charge is 2.56. The van der Waals surface area contributed by atoms with E-state index in [1.807, 2.05) is 127 Å². The summed E-state index contributed by atoms with van der Waals surface area (Å²) in [5.74, 6) is -2.11. The minimum absolute atomic E-state index is 0.00913. The lowest BCUT2D eigenvalue weighted by atomic mass is 9.96. The first-order valence-corrected chi connectivity index (χ1v) is 24.8. The molecule has 2 aliphatic rings. The van der Waals surface area contributed by atoms with Crippen LogP contribution in [-0.2, 0) is 83.4 Å². The number of hydrogen-bond acceptors (Lipinski definition) is 13. The van der Waals surface area contributed by atoms with Crippen molar-refractivity contribution in [3.05, 3.63) is 156 Å². The van der Waals surface area contributed by atoms with Crippen molar-refractivity contribution in [2.45, 2.75) is 153 Å². The second kappa shape index (κ2) is 30.8. The first-order valence-electron chi connectivity index (χ1n) is 24.8. The maximum Gasteiger partial charge on any atom is 0.337 e. The normalized spacial score (nSPS) is 24.7. The second-order valence-electron chi connectivity index (χ2n) is 17.6. The van der Waals surface area contributed by atoms with Crippen LogP contribution < -0.4 is 0 Å². The Morgan fingerprint density at radius 2 is 0.943 bits per heavy atom. The zero-order valence-corrected chi connectivity index (χ0v) is 40.6. The SMILES string of the molecule is CCCCCCCCCCCOC/C=C\CO[C@@H]1O[C@H](C(=O)OC)[C@@H](OCc2ccccc2)[C@H](OCc2ccccc2)[C@@H]1O[C@@H]1O[C@H](C(=O)O)[C@@H](OCc2ccccc2)[C@H](OCc2ccccc2)[C@@H]1O. The third-order valence-electron chi connectivity index (χ3n) is 12.3. The van der Waals surface area contributed by atoms with Gasteiger partial charge in [0.05, 0.1) is 46.8 Å². The number of ether oxygens (including phenoxy) is 10. The second-order valence-corrected chi connectivity index (χ2v) is 17.6. The molecule has 2 N–H and O–H groups in total. The van der Waals surface area contributed by atoms with Crippen molar-refractivity contribution in [2.24, 2.45) is 0 Å². The predicted molar refractivity (Wildman–Crippen MR) is 261 cm³/mol. The molecule has 10 atom stereocenters. The molecule has 0 bridgehead atoms. The number of carboxylic acid groups (broad SMARTS) is 1. The number of carbonyl (C=O) groups excluding carboxylic acids is 1. The summed E-state index contributed by atoms with van der Waals surface area (Å²) in [5, 5.41) is 23.0. The molecule has 2 heterocycles. The molecule has 0 amide bonds. The molecule has 6 rings (SSSR count). The number of methoxy groups -OCH3 is 1. The van der Waals surface area contributed by atoms with Crippen LogP contribution in [0.25, 0.3) is 0 Å². The van der Waals surface area contributed by atoms with Gasteiger partial charge in [-0.05, 0) is 28.7 Å². The molecular weight excluding hydrogens is 897 g/mol. The monoisotopic (exact) mass is 968 g/mol. The molecule has 0 spiro atoms. The zero-order chi connectivity index (χ0) is 49.2. The van der Waals surface area contributed by atoms with E-state index in [1.165, 1.54) is 52.1 Å². The van der Waals surface area contributed by atoms with Crippen LogP contribution in [-0.4, -0.2) is 110 Å². The Morgan fingerprint density at radius 3 is 1.43 bits per heavy atom. The fourth-order valence-corrected chi connectivity index (χ4v) is 8.45. The van der Waals surface area contributed by atoms with Crippen molar-refractivity contribution in [1.29, 1.82) is 0 Å². The van der Waals surface area contributed by atoms with E-state index >= 15 is 0 Å². The Bertz CT molecular complexity index is 2060. The van der Waals surface area contributed by atoms with Gasteiger partial charge in [0, 0.05) is 6.61 Å². The van der Waals surface area contributed by atoms with Crippen LogP contribution in [0.1, 0.15) is 87.0 Å². The van der Waals surface area contributed by atoms with Gasteiger partial charge < -0.3 is 57.6 Å². The molecule has 14 nitrogen and oxygen atoms in total. The lowest BCUT2D eigenvalue weighted by Crippen LogP contribution is -2.67. The van der Waals surface area contributed by atoms with Gasteiger partial charge in [0.25, 0.3) is 0 Å². The standard InChI is InChI=1S/C56H72O14/c1-3-4-5-6-7-8-9-10-23-34-62-35-24-25-36-63-56-52(49(67-40-44-32-21-14-22-33-44)48(51(69-56)54(60)61-2)66-39-43-30-19-13-20-31-43)70-55-45(57)46(64-37-41-26-15-11-16-27-41)47(50(68-55)53(58)59)65-38-42-28-17-12-18-29-42/h11-22,24-33,45-52,55-57H,3-10,23,34-40H2,1-2H3,(H,58,59)/b25-24-/t45-,46+,47-,48-,49-,50-,51-,52-,55-,56+/m0/s1. The van der Waals surface area contributed by atoms with E-state index in [0.717, 1.165) is 35.1 Å². The fraction of sp³-hybridized carbons (Fsp3) is 0.500. The summed E-state index contributed by atoms with van der Waals surface area (Å²) < 4.78 is 62.7. The van der Waals surface area contributed by atoms with Gasteiger partial charge in [-0.15, -0.1) is 0 Å². The maximum absolute atomic E-state index is 13.7. The van der Waals surface area contributed by atoms with E-state index in [2.05, 4.69) is 6.92 Å². The highest BCUT2D eigenvalue weighted by molar-refractivity contribution is 5.75. The number of unbranched alkanes of at least 4 members (excludes halogenated alkanes) is 8. The van der Waals surface area contributed by atoms with Gasteiger partial charge in [0.2, 0.25) is 0 Å². The quantitative estimate of drug-likeness (QED) is 0.0279. The van der Waals surface area contributed by atoms with Gasteiger partial charge in [-0.2, -0.15) is 0 Å². The summed E-state index contributed by atoms with van der Waals surface area (Å²) in [6.07, 6.45) is 0.740. The zero-order valence-electron chi connectivity index (χ0n) is 40.6. The third-order valence-corrected chi connectivity index (χ3v) is 12.3. The van der Waals surface area contributed by atoms with Crippen LogP contribution in [0.2, 0.25) is 0 Å². The number of aliphatic hydroxyl groups is 1. The Balaban J connectivity index is 1.25. The van der Waals surface area contributed by atoms with E-state index in [-0.39, 0.29) is 33.0 Å². The number of aliphatic hydroxyl groups excluding tert-OH is 1. The highest BCUT2D eigenvalue weighted by Crippen LogP contribution is 2.36. The van der Waals surface area contributed by atoms with Gasteiger partial charge in [-0.3, -0.25) is 0 Å². The summed E-state index contributed by atoms with van der Waals surface area (Å²) in [5.41, 5.74) is 3.18. The smallest absolute Gasteiger partial charge is 0.337 e. The molecule has 4 aromatic rings. The van der Waals surface area contributed by atoms with E-state index in [0.29, 0.717) is 13.2 Å². The Hall–Kier alpha value is -4.84. The molecule has 380 valence electrons. The van der Waals surface area contributed by atoms with Crippen molar-refractivity contribution in [2.75, 3.05) is 26.9 Å². The molecule has 0 saturated carbocycles. The number of aliphatic carboxylic acids is 1. The third kappa shape index (κ3) is 17.5. The lowest BCUT2D eigenvalue weighted by Gasteiger charge is -2.48. The van der Waals surface area contributed by atoms with Gasteiger partial charge >= 0.3 is 11.9 Å². The topological polar surface area (TPSA) is 167 Å². The maximum atomic E-state index is 13.7. The number of rotatable bonds is 31. The number of carboxylic acids is 1. The molecule has 4 aromatic carbocycles. The van der Waals surface area contributed by atoms with Gasteiger partial charge in [0.15, 0.2) is 24.8 Å². The van der Waals surface area contributed by atoms with E-state index < -0.39 is 73.4 Å². The molecule has 0 aliphatic carbocycles. The molecule has 14 heteroatoms. The Labute approximate surface area is 413 Å². The number of hydrogen-bond donors (Lipinski definition) is 2.